The van der Waals surface area contributed by atoms with Crippen LogP contribution in [0.5, 0.6) is 0 Å². The van der Waals surface area contributed by atoms with Gasteiger partial charge in [-0.15, -0.1) is 0 Å². The topological polar surface area (TPSA) is 29.9 Å². The zero-order chi connectivity index (χ0) is 12.8. The number of rotatable bonds is 6. The van der Waals surface area contributed by atoms with Crippen molar-refractivity contribution >= 4 is 5.69 Å². The Hall–Kier alpha value is -1.77. The maximum absolute atomic E-state index is 4.42. The first-order valence-corrected chi connectivity index (χ1v) is 6.62. The third-order valence-corrected chi connectivity index (χ3v) is 3.07. The fourth-order valence-electron chi connectivity index (χ4n) is 2.08. The minimum atomic E-state index is 0.411. The van der Waals surface area contributed by atoms with Crippen LogP contribution in [-0.4, -0.2) is 16.1 Å². The minimum absolute atomic E-state index is 0.411. The number of anilines is 1. The predicted octanol–water partition coefficient (Wildman–Crippen LogP) is 3.51. The highest BCUT2D eigenvalue weighted by atomic mass is 15.1. The van der Waals surface area contributed by atoms with Crippen LogP contribution >= 0.6 is 0 Å². The molecule has 0 spiro atoms. The average Bonchev–Trinajstić information content (AvgIpc) is 2.86. The molecule has 1 unspecified atom stereocenters. The monoisotopic (exact) mass is 243 g/mol. The molecule has 3 heteroatoms. The van der Waals surface area contributed by atoms with Gasteiger partial charge in [0.2, 0.25) is 0 Å². The largest absolute Gasteiger partial charge is 0.383 e. The van der Waals surface area contributed by atoms with Gasteiger partial charge in [-0.2, -0.15) is 0 Å². The van der Waals surface area contributed by atoms with Crippen molar-refractivity contribution in [1.82, 2.24) is 9.55 Å². The van der Waals surface area contributed by atoms with E-state index in [0.29, 0.717) is 6.04 Å². The van der Waals surface area contributed by atoms with Gasteiger partial charge < -0.3 is 9.88 Å². The summed E-state index contributed by atoms with van der Waals surface area (Å²) < 4.78 is 2.26. The molecule has 0 saturated heterocycles. The van der Waals surface area contributed by atoms with Gasteiger partial charge in [0, 0.05) is 37.1 Å². The summed E-state index contributed by atoms with van der Waals surface area (Å²) >= 11 is 0. The van der Waals surface area contributed by atoms with E-state index in [0.717, 1.165) is 19.4 Å². The molecule has 96 valence electrons. The maximum atomic E-state index is 4.42. The molecule has 0 fully saturated rings. The molecular formula is C15H21N3. The summed E-state index contributed by atoms with van der Waals surface area (Å²) in [6.45, 7) is 5.32. The number of nitrogens with one attached hydrogen (secondary N) is 1. The number of aryl methyl sites for hydroxylation is 1. The van der Waals surface area contributed by atoms with Crippen LogP contribution in [-0.2, 0) is 6.42 Å². The molecule has 1 heterocycles. The van der Waals surface area contributed by atoms with Gasteiger partial charge in [-0.1, -0.05) is 25.1 Å². The number of hydrogen-bond acceptors (Lipinski definition) is 2. The van der Waals surface area contributed by atoms with Gasteiger partial charge in [0.25, 0.3) is 0 Å². The van der Waals surface area contributed by atoms with Gasteiger partial charge in [-0.3, -0.25) is 0 Å². The smallest absolute Gasteiger partial charge is 0.108 e. The Morgan fingerprint density at radius 3 is 2.78 bits per heavy atom. The zero-order valence-electron chi connectivity index (χ0n) is 11.1. The predicted molar refractivity (Wildman–Crippen MR) is 75.9 cm³/mol. The first-order valence-electron chi connectivity index (χ1n) is 6.62. The van der Waals surface area contributed by atoms with Crippen molar-refractivity contribution in [2.45, 2.75) is 32.7 Å². The Morgan fingerprint density at radius 2 is 2.06 bits per heavy atom. The van der Waals surface area contributed by atoms with Crippen LogP contribution in [0, 0.1) is 0 Å². The van der Waals surface area contributed by atoms with E-state index in [4.69, 9.17) is 0 Å². The second-order valence-electron chi connectivity index (χ2n) is 4.60. The molecule has 18 heavy (non-hydrogen) atoms. The van der Waals surface area contributed by atoms with Gasteiger partial charge in [0.15, 0.2) is 0 Å². The van der Waals surface area contributed by atoms with Gasteiger partial charge in [0.1, 0.15) is 5.82 Å². The van der Waals surface area contributed by atoms with Crippen molar-refractivity contribution in [2.24, 2.45) is 0 Å². The third kappa shape index (κ3) is 3.13. The number of benzene rings is 1. The summed E-state index contributed by atoms with van der Waals surface area (Å²) in [7, 11) is 0. The number of imidazole rings is 1. The number of para-hydroxylation sites is 1. The molecular weight excluding hydrogens is 222 g/mol. The Kier molecular flexibility index (Phi) is 4.40. The second kappa shape index (κ2) is 6.24. The molecule has 0 aliphatic rings. The van der Waals surface area contributed by atoms with E-state index < -0.39 is 0 Å². The first kappa shape index (κ1) is 12.7. The van der Waals surface area contributed by atoms with Crippen molar-refractivity contribution in [2.75, 3.05) is 11.9 Å². The second-order valence-corrected chi connectivity index (χ2v) is 4.60. The molecule has 1 atom stereocenters. The molecule has 0 bridgehead atoms. The molecule has 1 aromatic carbocycles. The van der Waals surface area contributed by atoms with E-state index in [9.17, 15) is 0 Å². The first-order chi connectivity index (χ1) is 8.81. The van der Waals surface area contributed by atoms with Crippen molar-refractivity contribution in [1.29, 1.82) is 0 Å². The Bertz CT molecular complexity index is 462. The average molecular weight is 243 g/mol. The lowest BCUT2D eigenvalue weighted by atomic mass is 10.2. The minimum Gasteiger partial charge on any atom is -0.383 e. The quantitative estimate of drug-likeness (QED) is 0.841. The summed E-state index contributed by atoms with van der Waals surface area (Å²) in [4.78, 5) is 4.42. The summed E-state index contributed by atoms with van der Waals surface area (Å²) in [6, 6.07) is 10.7. The molecule has 0 aliphatic carbocycles. The Balaban J connectivity index is 1.95. The number of hydrogen-bond donors (Lipinski definition) is 1. The summed E-state index contributed by atoms with van der Waals surface area (Å²) in [6.07, 6.45) is 6.14. The van der Waals surface area contributed by atoms with Gasteiger partial charge in [-0.05, 0) is 25.5 Å². The van der Waals surface area contributed by atoms with Crippen LogP contribution in [0.3, 0.4) is 0 Å². The standard InChI is InChI=1S/C15H21N3/c1-3-7-15-16-10-11-18(15)13(2)12-17-14-8-5-4-6-9-14/h4-6,8-11,13,17H,3,7,12H2,1-2H3. The van der Waals surface area contributed by atoms with E-state index in [-0.39, 0.29) is 0 Å². The van der Waals surface area contributed by atoms with E-state index in [1.54, 1.807) is 0 Å². The lowest BCUT2D eigenvalue weighted by molar-refractivity contribution is 0.543. The van der Waals surface area contributed by atoms with Crippen LogP contribution in [0.4, 0.5) is 5.69 Å². The molecule has 0 amide bonds. The molecule has 3 nitrogen and oxygen atoms in total. The van der Waals surface area contributed by atoms with Crippen molar-refractivity contribution < 1.29 is 0 Å². The van der Waals surface area contributed by atoms with Crippen LogP contribution in [0.15, 0.2) is 42.7 Å². The van der Waals surface area contributed by atoms with E-state index in [1.807, 2.05) is 24.4 Å². The summed E-state index contributed by atoms with van der Waals surface area (Å²) in [5, 5.41) is 3.45. The van der Waals surface area contributed by atoms with Crippen LogP contribution in [0.25, 0.3) is 0 Å². The van der Waals surface area contributed by atoms with Crippen LogP contribution in [0.2, 0.25) is 0 Å². The summed E-state index contributed by atoms with van der Waals surface area (Å²) in [5.41, 5.74) is 1.17. The Labute approximate surface area is 109 Å². The highest BCUT2D eigenvalue weighted by Crippen LogP contribution is 2.13. The molecule has 0 aliphatic heterocycles. The molecule has 1 aromatic heterocycles. The van der Waals surface area contributed by atoms with Crippen LogP contribution in [0.1, 0.15) is 32.1 Å². The molecule has 2 aromatic rings. The fourth-order valence-corrected chi connectivity index (χ4v) is 2.08. The molecule has 0 radical (unpaired) electrons. The SMILES string of the molecule is CCCc1nccn1C(C)CNc1ccccc1. The Morgan fingerprint density at radius 1 is 1.28 bits per heavy atom. The van der Waals surface area contributed by atoms with E-state index in [1.165, 1.54) is 11.5 Å². The molecule has 1 N–H and O–H groups in total. The van der Waals surface area contributed by atoms with Crippen molar-refractivity contribution in [3.8, 4) is 0 Å². The van der Waals surface area contributed by atoms with Crippen molar-refractivity contribution in [3.05, 3.63) is 48.5 Å². The van der Waals surface area contributed by atoms with Gasteiger partial charge in [0.05, 0.1) is 0 Å². The highest BCUT2D eigenvalue weighted by molar-refractivity contribution is 5.42. The fraction of sp³-hybridized carbons (Fsp3) is 0.400. The highest BCUT2D eigenvalue weighted by Gasteiger charge is 2.08. The molecule has 0 saturated carbocycles. The third-order valence-electron chi connectivity index (χ3n) is 3.07. The normalized spacial score (nSPS) is 12.3. The molecule has 2 rings (SSSR count). The maximum Gasteiger partial charge on any atom is 0.108 e. The number of aromatic nitrogens is 2. The van der Waals surface area contributed by atoms with E-state index >= 15 is 0 Å². The zero-order valence-corrected chi connectivity index (χ0v) is 11.1. The lowest BCUT2D eigenvalue weighted by Crippen LogP contribution is -2.17. The number of nitrogens with zero attached hydrogens (tertiary/aromatic N) is 2. The van der Waals surface area contributed by atoms with Crippen LogP contribution < -0.4 is 5.32 Å². The van der Waals surface area contributed by atoms with E-state index in [2.05, 4.69) is 47.0 Å². The van der Waals surface area contributed by atoms with Gasteiger partial charge in [-0.25, -0.2) is 4.98 Å². The lowest BCUT2D eigenvalue weighted by Gasteiger charge is -2.17. The van der Waals surface area contributed by atoms with Crippen molar-refractivity contribution in [3.63, 3.8) is 0 Å². The summed E-state index contributed by atoms with van der Waals surface area (Å²) in [5.74, 6) is 1.18. The van der Waals surface area contributed by atoms with Gasteiger partial charge >= 0.3 is 0 Å².